The van der Waals surface area contributed by atoms with Crippen molar-refractivity contribution >= 4 is 11.9 Å². The smallest absolute Gasteiger partial charge is 0.321 e. The number of quaternary nitrogens is 1. The topological polar surface area (TPSA) is 74.8 Å². The fourth-order valence-corrected chi connectivity index (χ4v) is 2.64. The maximum atomic E-state index is 12.3. The van der Waals surface area contributed by atoms with Crippen LogP contribution in [0.4, 0.5) is 4.79 Å². The zero-order valence-corrected chi connectivity index (χ0v) is 14.9. The fourth-order valence-electron chi connectivity index (χ4n) is 2.64. The Balaban J connectivity index is 2.11. The summed E-state index contributed by atoms with van der Waals surface area (Å²) in [6, 6.07) is 19.2. The molecule has 1 atom stereocenters. The summed E-state index contributed by atoms with van der Waals surface area (Å²) in [5.74, 6) is -0.310. The number of benzene rings is 2. The van der Waals surface area contributed by atoms with E-state index in [0.29, 0.717) is 0 Å². The highest BCUT2D eigenvalue weighted by molar-refractivity contribution is 5.96. The summed E-state index contributed by atoms with van der Waals surface area (Å²) in [7, 11) is 0. The minimum atomic E-state index is -0.462. The van der Waals surface area contributed by atoms with E-state index in [2.05, 4.69) is 10.6 Å². The number of carbonyl (C=O) groups excluding carboxylic acids is 2. The van der Waals surface area contributed by atoms with Crippen molar-refractivity contribution in [1.29, 1.82) is 0 Å². The van der Waals surface area contributed by atoms with Gasteiger partial charge in [-0.2, -0.15) is 0 Å². The largest absolute Gasteiger partial charge is 0.336 e. The second kappa shape index (κ2) is 8.99. The molecule has 0 spiro atoms. The Morgan fingerprint density at radius 3 is 1.76 bits per heavy atom. The molecular formula is C20H26N3O2+. The molecule has 2 aromatic rings. The van der Waals surface area contributed by atoms with Crippen molar-refractivity contribution in [3.63, 3.8) is 0 Å². The highest BCUT2D eigenvalue weighted by atomic mass is 16.2. The normalized spacial score (nSPS) is 12.0. The van der Waals surface area contributed by atoms with Crippen molar-refractivity contribution in [3.8, 4) is 0 Å². The summed E-state index contributed by atoms with van der Waals surface area (Å²) in [6.07, 6.45) is 0. The monoisotopic (exact) mass is 340 g/mol. The maximum Gasteiger partial charge on any atom is 0.321 e. The lowest BCUT2D eigenvalue weighted by Crippen LogP contribution is -2.93. The second-order valence-corrected chi connectivity index (χ2v) is 6.40. The molecule has 5 heteroatoms. The Labute approximate surface area is 148 Å². The maximum absolute atomic E-state index is 12.3. The molecule has 4 N–H and O–H groups in total. The molecule has 0 aromatic heterocycles. The van der Waals surface area contributed by atoms with Crippen molar-refractivity contribution in [2.24, 2.45) is 0 Å². The Morgan fingerprint density at radius 2 is 1.32 bits per heavy atom. The second-order valence-electron chi connectivity index (χ2n) is 6.40. The van der Waals surface area contributed by atoms with Crippen LogP contribution in [0.25, 0.3) is 0 Å². The van der Waals surface area contributed by atoms with Crippen LogP contribution >= 0.6 is 0 Å². The van der Waals surface area contributed by atoms with E-state index in [1.807, 2.05) is 79.8 Å². The summed E-state index contributed by atoms with van der Waals surface area (Å²) in [6.45, 7) is 5.50. The number of urea groups is 1. The highest BCUT2D eigenvalue weighted by Crippen LogP contribution is 2.17. The van der Waals surface area contributed by atoms with Gasteiger partial charge in [-0.15, -0.1) is 0 Å². The molecule has 0 aliphatic heterocycles. The summed E-state index contributed by atoms with van der Waals surface area (Å²) in [4.78, 5) is 24.1. The Bertz CT molecular complexity index is 647. The standard InChI is InChI=1S/C20H25N3O2/c1-14(2)21-20(25)23-19(24)15(3)22-18(16-10-6-4-7-11-16)17-12-8-5-9-13-17/h4-15,18,22H,1-3H3,(H2,21,23,24,25)/p+1/t15-/m0/s1. The zero-order valence-electron chi connectivity index (χ0n) is 14.9. The Hall–Kier alpha value is -2.66. The van der Waals surface area contributed by atoms with Crippen LogP contribution in [-0.2, 0) is 4.79 Å². The summed E-state index contributed by atoms with van der Waals surface area (Å²) in [5.41, 5.74) is 2.22. The first-order valence-corrected chi connectivity index (χ1v) is 8.53. The lowest BCUT2D eigenvalue weighted by atomic mass is 9.98. The molecule has 3 amide bonds. The number of carbonyl (C=O) groups is 2. The molecule has 2 rings (SSSR count). The number of nitrogens with two attached hydrogens (primary N) is 1. The van der Waals surface area contributed by atoms with E-state index in [0.717, 1.165) is 11.1 Å². The molecule has 0 unspecified atom stereocenters. The van der Waals surface area contributed by atoms with E-state index in [4.69, 9.17) is 0 Å². The minimum Gasteiger partial charge on any atom is -0.336 e. The van der Waals surface area contributed by atoms with Gasteiger partial charge in [-0.05, 0) is 20.8 Å². The van der Waals surface area contributed by atoms with Crippen LogP contribution in [-0.4, -0.2) is 24.0 Å². The van der Waals surface area contributed by atoms with Gasteiger partial charge in [0.2, 0.25) is 0 Å². The van der Waals surface area contributed by atoms with Gasteiger partial charge in [0, 0.05) is 17.2 Å². The lowest BCUT2D eigenvalue weighted by Gasteiger charge is -2.20. The quantitative estimate of drug-likeness (QED) is 0.752. The first-order chi connectivity index (χ1) is 12.0. The number of imide groups is 1. The van der Waals surface area contributed by atoms with Crippen molar-refractivity contribution < 1.29 is 14.9 Å². The number of hydrogen-bond acceptors (Lipinski definition) is 2. The summed E-state index contributed by atoms with van der Waals surface area (Å²) >= 11 is 0. The molecular weight excluding hydrogens is 314 g/mol. The van der Waals surface area contributed by atoms with Crippen LogP contribution < -0.4 is 16.0 Å². The van der Waals surface area contributed by atoms with Gasteiger partial charge in [0.25, 0.3) is 5.91 Å². The molecule has 0 aliphatic rings. The molecule has 0 bridgehead atoms. The highest BCUT2D eigenvalue weighted by Gasteiger charge is 2.25. The number of hydrogen-bond donors (Lipinski definition) is 3. The van der Waals surface area contributed by atoms with E-state index in [9.17, 15) is 9.59 Å². The van der Waals surface area contributed by atoms with Crippen molar-refractivity contribution in [2.75, 3.05) is 0 Å². The number of amides is 3. The zero-order chi connectivity index (χ0) is 18.2. The van der Waals surface area contributed by atoms with E-state index in [1.165, 1.54) is 0 Å². The molecule has 0 saturated carbocycles. The Morgan fingerprint density at radius 1 is 0.840 bits per heavy atom. The van der Waals surface area contributed by atoms with Gasteiger partial charge in [0.05, 0.1) is 0 Å². The molecule has 132 valence electrons. The van der Waals surface area contributed by atoms with Gasteiger partial charge < -0.3 is 10.6 Å². The van der Waals surface area contributed by atoms with Crippen LogP contribution in [0.3, 0.4) is 0 Å². The predicted molar refractivity (Wildman–Crippen MR) is 97.9 cm³/mol. The third-order valence-electron chi connectivity index (χ3n) is 3.87. The van der Waals surface area contributed by atoms with E-state index in [-0.39, 0.29) is 18.0 Å². The number of rotatable bonds is 6. The summed E-state index contributed by atoms with van der Waals surface area (Å²) < 4.78 is 0. The molecule has 0 heterocycles. The predicted octanol–water partition coefficient (Wildman–Crippen LogP) is 1.96. The summed E-state index contributed by atoms with van der Waals surface area (Å²) in [5, 5.41) is 7.03. The van der Waals surface area contributed by atoms with Gasteiger partial charge in [0.15, 0.2) is 6.04 Å². The van der Waals surface area contributed by atoms with Gasteiger partial charge in [-0.1, -0.05) is 60.7 Å². The van der Waals surface area contributed by atoms with Crippen LogP contribution in [0, 0.1) is 0 Å². The average Bonchev–Trinajstić information content (AvgIpc) is 2.60. The van der Waals surface area contributed by atoms with E-state index < -0.39 is 12.1 Å². The minimum absolute atomic E-state index is 0.0173. The van der Waals surface area contributed by atoms with Gasteiger partial charge in [-0.3, -0.25) is 10.1 Å². The van der Waals surface area contributed by atoms with Crippen molar-refractivity contribution in [2.45, 2.75) is 38.9 Å². The molecule has 0 fully saturated rings. The van der Waals surface area contributed by atoms with E-state index >= 15 is 0 Å². The van der Waals surface area contributed by atoms with Gasteiger partial charge in [-0.25, -0.2) is 4.79 Å². The lowest BCUT2D eigenvalue weighted by molar-refractivity contribution is -0.704. The molecule has 0 aliphatic carbocycles. The molecule has 2 aromatic carbocycles. The first kappa shape index (κ1) is 18.7. The molecule has 0 radical (unpaired) electrons. The SMILES string of the molecule is CC(C)NC(=O)NC(=O)[C@H](C)[NH2+]C(c1ccccc1)c1ccccc1. The van der Waals surface area contributed by atoms with Crippen LogP contribution in [0.1, 0.15) is 37.9 Å². The Kier molecular flexibility index (Phi) is 6.71. The fraction of sp³-hybridized carbons (Fsp3) is 0.300. The third kappa shape index (κ3) is 5.72. The van der Waals surface area contributed by atoms with Gasteiger partial charge >= 0.3 is 6.03 Å². The van der Waals surface area contributed by atoms with Gasteiger partial charge in [0.1, 0.15) is 6.04 Å². The van der Waals surface area contributed by atoms with Crippen molar-refractivity contribution in [3.05, 3.63) is 71.8 Å². The van der Waals surface area contributed by atoms with Crippen LogP contribution in [0.2, 0.25) is 0 Å². The van der Waals surface area contributed by atoms with Crippen molar-refractivity contribution in [1.82, 2.24) is 10.6 Å². The number of nitrogens with one attached hydrogen (secondary N) is 2. The molecule has 0 saturated heterocycles. The third-order valence-corrected chi connectivity index (χ3v) is 3.87. The molecule has 25 heavy (non-hydrogen) atoms. The van der Waals surface area contributed by atoms with Crippen LogP contribution in [0.15, 0.2) is 60.7 Å². The first-order valence-electron chi connectivity index (χ1n) is 8.53. The molecule has 5 nitrogen and oxygen atoms in total. The average molecular weight is 340 g/mol. The van der Waals surface area contributed by atoms with E-state index in [1.54, 1.807) is 6.92 Å². The van der Waals surface area contributed by atoms with Crippen LogP contribution in [0.5, 0.6) is 0 Å².